The molecule has 1 amide bonds. The molecule has 1 aromatic carbocycles. The molecule has 4 heterocycles. The zero-order chi connectivity index (χ0) is 26.7. The summed E-state index contributed by atoms with van der Waals surface area (Å²) in [6.45, 7) is 9.93. The molecule has 1 spiro atoms. The maximum atomic E-state index is 13.2. The minimum Gasteiger partial charge on any atom is -0.484 e. The molecule has 2 aliphatic heterocycles. The van der Waals surface area contributed by atoms with Crippen molar-refractivity contribution in [3.05, 3.63) is 77.2 Å². The van der Waals surface area contributed by atoms with Crippen molar-refractivity contribution >= 4 is 11.7 Å². The Morgan fingerprint density at radius 1 is 1.11 bits per heavy atom. The molecule has 1 fully saturated rings. The molecular weight excluding hydrogens is 476 g/mol. The molecule has 0 bridgehead atoms. The molecule has 7 nitrogen and oxygen atoms in total. The van der Waals surface area contributed by atoms with Crippen LogP contribution in [0.3, 0.4) is 0 Å². The standard InChI is InChI=1S/C31H36N4O3/c1-21(2)10-13-35-14-11-31(12-15-35)17-27(36)29-28(38-31)9-8-26(34-29)24-4-6-25(7-5-24)30(37)33-20-23-16-22(3)18-32-19-23/h4-9,16,18-19,21H,10-15,17,20H2,1-3H3,(H,33,37). The summed E-state index contributed by atoms with van der Waals surface area (Å²) in [6.07, 6.45) is 6.84. The summed E-state index contributed by atoms with van der Waals surface area (Å²) in [7, 11) is 0. The number of aryl methyl sites for hydroxylation is 1. The van der Waals surface area contributed by atoms with Crippen LogP contribution in [0.25, 0.3) is 11.3 Å². The average Bonchev–Trinajstić information content (AvgIpc) is 2.91. The SMILES string of the molecule is Cc1cncc(CNC(=O)c2ccc(-c3ccc4c(n3)C(=O)CC3(CCN(CCC(C)C)CC3)O4)cc2)c1. The number of likely N-dealkylation sites (tertiary alicyclic amines) is 1. The fraction of sp³-hybridized carbons (Fsp3) is 0.419. The third-order valence-electron chi connectivity index (χ3n) is 7.55. The van der Waals surface area contributed by atoms with Crippen molar-refractivity contribution in [1.82, 2.24) is 20.2 Å². The van der Waals surface area contributed by atoms with Crippen LogP contribution >= 0.6 is 0 Å². The highest BCUT2D eigenvalue weighted by Gasteiger charge is 2.43. The van der Waals surface area contributed by atoms with Crippen LogP contribution in [0.1, 0.15) is 71.5 Å². The second-order valence-electron chi connectivity index (χ2n) is 11.1. The summed E-state index contributed by atoms with van der Waals surface area (Å²) in [5, 5.41) is 2.93. The van der Waals surface area contributed by atoms with E-state index in [4.69, 9.17) is 4.74 Å². The second-order valence-corrected chi connectivity index (χ2v) is 11.1. The van der Waals surface area contributed by atoms with Crippen LogP contribution in [0, 0.1) is 12.8 Å². The number of benzene rings is 1. The van der Waals surface area contributed by atoms with E-state index >= 15 is 0 Å². The van der Waals surface area contributed by atoms with Crippen molar-refractivity contribution in [2.45, 2.75) is 58.6 Å². The minimum atomic E-state index is -0.412. The van der Waals surface area contributed by atoms with Gasteiger partial charge in [-0.1, -0.05) is 32.0 Å². The van der Waals surface area contributed by atoms with Crippen molar-refractivity contribution < 1.29 is 14.3 Å². The topological polar surface area (TPSA) is 84.4 Å². The third-order valence-corrected chi connectivity index (χ3v) is 7.55. The Kier molecular flexibility index (Phi) is 7.56. The molecule has 3 aromatic rings. The van der Waals surface area contributed by atoms with Gasteiger partial charge in [-0.05, 0) is 61.2 Å². The van der Waals surface area contributed by atoms with Crippen LogP contribution in [0.5, 0.6) is 5.75 Å². The first kappa shape index (κ1) is 26.0. The first-order chi connectivity index (χ1) is 18.3. The van der Waals surface area contributed by atoms with Gasteiger partial charge in [-0.25, -0.2) is 4.98 Å². The van der Waals surface area contributed by atoms with E-state index in [0.717, 1.165) is 49.2 Å². The second kappa shape index (κ2) is 11.0. The van der Waals surface area contributed by atoms with Gasteiger partial charge in [0.1, 0.15) is 17.0 Å². The first-order valence-corrected chi connectivity index (χ1v) is 13.5. The van der Waals surface area contributed by atoms with Crippen LogP contribution in [-0.4, -0.2) is 51.8 Å². The van der Waals surface area contributed by atoms with E-state index in [2.05, 4.69) is 34.0 Å². The number of carbonyl (C=O) groups is 2. The number of carbonyl (C=O) groups excluding carboxylic acids is 2. The monoisotopic (exact) mass is 512 g/mol. The molecule has 2 aromatic heterocycles. The lowest BCUT2D eigenvalue weighted by Crippen LogP contribution is -2.51. The van der Waals surface area contributed by atoms with E-state index in [1.807, 2.05) is 37.3 Å². The Morgan fingerprint density at radius 3 is 2.58 bits per heavy atom. The fourth-order valence-electron chi connectivity index (χ4n) is 5.23. The number of Topliss-reactive ketones (excluding diaryl/α,β-unsaturated/α-hetero) is 1. The summed E-state index contributed by atoms with van der Waals surface area (Å²) >= 11 is 0. The van der Waals surface area contributed by atoms with E-state index in [1.54, 1.807) is 24.5 Å². The highest BCUT2D eigenvalue weighted by Crippen LogP contribution is 2.39. The number of hydrogen-bond donors (Lipinski definition) is 1. The molecule has 198 valence electrons. The molecule has 0 aliphatic carbocycles. The molecule has 7 heteroatoms. The normalized spacial score (nSPS) is 16.8. The number of aromatic nitrogens is 2. The third kappa shape index (κ3) is 5.94. The molecule has 2 aliphatic rings. The summed E-state index contributed by atoms with van der Waals surface area (Å²) in [4.78, 5) is 37.1. The van der Waals surface area contributed by atoms with Crippen LogP contribution in [0.4, 0.5) is 0 Å². The maximum absolute atomic E-state index is 13.2. The molecular formula is C31H36N4O3. The van der Waals surface area contributed by atoms with E-state index < -0.39 is 5.60 Å². The minimum absolute atomic E-state index is 0.0466. The molecule has 0 unspecified atom stereocenters. The lowest BCUT2D eigenvalue weighted by Gasteiger charge is -2.43. The highest BCUT2D eigenvalue weighted by molar-refractivity contribution is 5.99. The number of amides is 1. The average molecular weight is 513 g/mol. The highest BCUT2D eigenvalue weighted by atomic mass is 16.5. The number of ketones is 1. The van der Waals surface area contributed by atoms with Gasteiger partial charge in [0.25, 0.3) is 5.91 Å². The van der Waals surface area contributed by atoms with Crippen molar-refractivity contribution in [1.29, 1.82) is 0 Å². The van der Waals surface area contributed by atoms with Crippen LogP contribution in [0.2, 0.25) is 0 Å². The van der Waals surface area contributed by atoms with Gasteiger partial charge in [0, 0.05) is 56.0 Å². The molecule has 5 rings (SSSR count). The number of pyridine rings is 2. The molecule has 1 N–H and O–H groups in total. The molecule has 0 radical (unpaired) electrons. The van der Waals surface area contributed by atoms with Gasteiger partial charge < -0.3 is 15.0 Å². The number of rotatable bonds is 7. The predicted molar refractivity (Wildman–Crippen MR) is 147 cm³/mol. The first-order valence-electron chi connectivity index (χ1n) is 13.5. The Labute approximate surface area is 224 Å². The Bertz CT molecular complexity index is 1310. The maximum Gasteiger partial charge on any atom is 0.251 e. The molecule has 1 saturated heterocycles. The van der Waals surface area contributed by atoms with E-state index in [1.165, 1.54) is 6.42 Å². The predicted octanol–water partition coefficient (Wildman–Crippen LogP) is 5.23. The molecule has 0 saturated carbocycles. The van der Waals surface area contributed by atoms with Gasteiger partial charge in [-0.2, -0.15) is 0 Å². The van der Waals surface area contributed by atoms with E-state index in [-0.39, 0.29) is 11.7 Å². The lowest BCUT2D eigenvalue weighted by molar-refractivity contribution is -0.0103. The number of nitrogens with zero attached hydrogens (tertiary/aromatic N) is 3. The van der Waals surface area contributed by atoms with Gasteiger partial charge in [0.15, 0.2) is 5.78 Å². The largest absolute Gasteiger partial charge is 0.484 e. The summed E-state index contributed by atoms with van der Waals surface area (Å²) in [6, 6.07) is 13.0. The smallest absolute Gasteiger partial charge is 0.251 e. The number of hydrogen-bond acceptors (Lipinski definition) is 6. The Morgan fingerprint density at radius 2 is 1.87 bits per heavy atom. The van der Waals surface area contributed by atoms with Gasteiger partial charge in [-0.3, -0.25) is 14.6 Å². The van der Waals surface area contributed by atoms with Gasteiger partial charge in [-0.15, -0.1) is 0 Å². The van der Waals surface area contributed by atoms with E-state index in [0.29, 0.717) is 41.6 Å². The van der Waals surface area contributed by atoms with Crippen molar-refractivity contribution in [2.24, 2.45) is 5.92 Å². The Balaban J connectivity index is 1.22. The van der Waals surface area contributed by atoms with Gasteiger partial charge in [0.2, 0.25) is 0 Å². The summed E-state index contributed by atoms with van der Waals surface area (Å²) in [5.41, 5.74) is 4.11. The summed E-state index contributed by atoms with van der Waals surface area (Å²) in [5.74, 6) is 1.17. The van der Waals surface area contributed by atoms with Crippen LogP contribution < -0.4 is 10.1 Å². The Hall–Kier alpha value is -3.58. The van der Waals surface area contributed by atoms with Crippen molar-refractivity contribution in [2.75, 3.05) is 19.6 Å². The molecule has 0 atom stereocenters. The van der Waals surface area contributed by atoms with Crippen LogP contribution in [0.15, 0.2) is 54.9 Å². The zero-order valence-corrected chi connectivity index (χ0v) is 22.5. The number of nitrogens with one attached hydrogen (secondary N) is 1. The fourth-order valence-corrected chi connectivity index (χ4v) is 5.23. The van der Waals surface area contributed by atoms with Crippen molar-refractivity contribution in [3.8, 4) is 17.0 Å². The lowest BCUT2D eigenvalue weighted by atomic mass is 9.83. The number of ether oxygens (including phenoxy) is 1. The van der Waals surface area contributed by atoms with Gasteiger partial charge in [0.05, 0.1) is 12.1 Å². The quantitative estimate of drug-likeness (QED) is 0.467. The summed E-state index contributed by atoms with van der Waals surface area (Å²) < 4.78 is 6.45. The molecule has 38 heavy (non-hydrogen) atoms. The van der Waals surface area contributed by atoms with Crippen molar-refractivity contribution in [3.63, 3.8) is 0 Å². The number of fused-ring (bicyclic) bond motifs is 1. The van der Waals surface area contributed by atoms with E-state index in [9.17, 15) is 9.59 Å². The van der Waals surface area contributed by atoms with Crippen LogP contribution in [-0.2, 0) is 6.54 Å². The van der Waals surface area contributed by atoms with Gasteiger partial charge >= 0.3 is 0 Å². The zero-order valence-electron chi connectivity index (χ0n) is 22.5. The number of piperidine rings is 1.